The van der Waals surface area contributed by atoms with Crippen molar-refractivity contribution < 1.29 is 8.78 Å². The molecule has 0 aliphatic heterocycles. The summed E-state index contributed by atoms with van der Waals surface area (Å²) in [4.78, 5) is 6.46. The predicted molar refractivity (Wildman–Crippen MR) is 67.7 cm³/mol. The molecule has 1 N–H and O–H groups in total. The minimum atomic E-state index is -2.53. The Balaban J connectivity index is 1.86. The van der Waals surface area contributed by atoms with E-state index < -0.39 is 6.55 Å². The maximum absolute atomic E-state index is 12.6. The Morgan fingerprint density at radius 3 is 2.78 bits per heavy atom. The van der Waals surface area contributed by atoms with Gasteiger partial charge in [0.2, 0.25) is 0 Å². The topological polar surface area (TPSA) is 29.9 Å². The van der Waals surface area contributed by atoms with E-state index in [1.54, 1.807) is 11.3 Å². The van der Waals surface area contributed by atoms with E-state index in [2.05, 4.69) is 29.4 Å². The molecule has 0 aliphatic carbocycles. The van der Waals surface area contributed by atoms with Crippen molar-refractivity contribution in [3.63, 3.8) is 0 Å². The molecule has 98 valence electrons. The van der Waals surface area contributed by atoms with Crippen LogP contribution in [0.25, 0.3) is 0 Å². The molecule has 2 rings (SSSR count). The van der Waals surface area contributed by atoms with Gasteiger partial charge >= 0.3 is 6.55 Å². The van der Waals surface area contributed by atoms with Crippen molar-refractivity contribution in [3.05, 3.63) is 40.1 Å². The zero-order valence-electron chi connectivity index (χ0n) is 10.1. The Bertz CT molecular complexity index is 493. The molecule has 3 nitrogen and oxygen atoms in total. The van der Waals surface area contributed by atoms with Gasteiger partial charge in [-0.15, -0.1) is 11.3 Å². The van der Waals surface area contributed by atoms with Crippen LogP contribution in [0.15, 0.2) is 24.5 Å². The van der Waals surface area contributed by atoms with Crippen LogP contribution in [-0.4, -0.2) is 9.55 Å². The quantitative estimate of drug-likeness (QED) is 0.874. The smallest absolute Gasteiger partial charge is 0.305 e. The third kappa shape index (κ3) is 3.14. The monoisotopic (exact) mass is 271 g/mol. The van der Waals surface area contributed by atoms with Gasteiger partial charge in [-0.1, -0.05) is 6.92 Å². The number of imidazole rings is 1. The van der Waals surface area contributed by atoms with Gasteiger partial charge in [0.05, 0.1) is 6.54 Å². The lowest BCUT2D eigenvalue weighted by Gasteiger charge is -2.06. The molecular formula is C12H15F2N3S. The SMILES string of the molecule is CCc1ccc(CNCc2nccn2C(F)F)s1. The van der Waals surface area contributed by atoms with E-state index in [-0.39, 0.29) is 0 Å². The van der Waals surface area contributed by atoms with Crippen LogP contribution in [0.5, 0.6) is 0 Å². The third-order valence-electron chi connectivity index (χ3n) is 2.61. The summed E-state index contributed by atoms with van der Waals surface area (Å²) in [5, 5.41) is 3.13. The van der Waals surface area contributed by atoms with Gasteiger partial charge in [-0.05, 0) is 18.6 Å². The molecule has 0 saturated heterocycles. The van der Waals surface area contributed by atoms with Crippen LogP contribution in [0, 0.1) is 0 Å². The minimum Gasteiger partial charge on any atom is -0.305 e. The summed E-state index contributed by atoms with van der Waals surface area (Å²) >= 11 is 1.74. The number of hydrogen-bond acceptors (Lipinski definition) is 3. The van der Waals surface area contributed by atoms with E-state index in [0.29, 0.717) is 18.9 Å². The Kier molecular flexibility index (Phi) is 4.43. The van der Waals surface area contributed by atoms with E-state index in [4.69, 9.17) is 0 Å². The summed E-state index contributed by atoms with van der Waals surface area (Å²) in [5.41, 5.74) is 0. The highest BCUT2D eigenvalue weighted by Crippen LogP contribution is 2.17. The summed E-state index contributed by atoms with van der Waals surface area (Å²) in [6, 6.07) is 4.16. The van der Waals surface area contributed by atoms with Gasteiger partial charge in [-0.3, -0.25) is 4.57 Å². The van der Waals surface area contributed by atoms with E-state index in [9.17, 15) is 8.78 Å². The molecule has 0 aliphatic rings. The molecule has 0 unspecified atom stereocenters. The number of hydrogen-bond donors (Lipinski definition) is 1. The fourth-order valence-electron chi connectivity index (χ4n) is 1.66. The first-order valence-electron chi connectivity index (χ1n) is 5.79. The van der Waals surface area contributed by atoms with Gasteiger partial charge in [0, 0.05) is 28.7 Å². The van der Waals surface area contributed by atoms with Crippen LogP contribution < -0.4 is 5.32 Å². The second-order valence-electron chi connectivity index (χ2n) is 3.85. The molecule has 2 aromatic rings. The van der Waals surface area contributed by atoms with Gasteiger partial charge in [0.25, 0.3) is 0 Å². The summed E-state index contributed by atoms with van der Waals surface area (Å²) < 4.78 is 26.0. The standard InChI is InChI=1S/C12H15F2N3S/c1-2-9-3-4-10(18-9)7-15-8-11-16-5-6-17(11)12(13)14/h3-6,12,15H,2,7-8H2,1H3. The van der Waals surface area contributed by atoms with Gasteiger partial charge in [0.1, 0.15) is 5.82 Å². The summed E-state index contributed by atoms with van der Waals surface area (Å²) in [5.74, 6) is 0.359. The molecule has 0 aromatic carbocycles. The highest BCUT2D eigenvalue weighted by molar-refractivity contribution is 7.11. The van der Waals surface area contributed by atoms with Crippen LogP contribution in [0.3, 0.4) is 0 Å². The molecule has 2 aromatic heterocycles. The van der Waals surface area contributed by atoms with Crippen LogP contribution in [0.2, 0.25) is 0 Å². The number of halogens is 2. The second-order valence-corrected chi connectivity index (χ2v) is 5.11. The Labute approximate surface area is 108 Å². The van der Waals surface area contributed by atoms with Gasteiger partial charge in [0.15, 0.2) is 0 Å². The first-order chi connectivity index (χ1) is 8.70. The highest BCUT2D eigenvalue weighted by atomic mass is 32.1. The predicted octanol–water partition coefficient (Wildman–Crippen LogP) is 3.19. The van der Waals surface area contributed by atoms with Crippen molar-refractivity contribution in [2.75, 3.05) is 0 Å². The van der Waals surface area contributed by atoms with Gasteiger partial charge < -0.3 is 5.32 Å². The second kappa shape index (κ2) is 6.06. The number of thiophene rings is 1. The molecule has 0 radical (unpaired) electrons. The average Bonchev–Trinajstić information content (AvgIpc) is 2.97. The van der Waals surface area contributed by atoms with Crippen LogP contribution in [0.4, 0.5) is 8.78 Å². The Hall–Kier alpha value is -1.27. The van der Waals surface area contributed by atoms with Crippen molar-refractivity contribution in [1.29, 1.82) is 0 Å². The molecular weight excluding hydrogens is 256 g/mol. The molecule has 18 heavy (non-hydrogen) atoms. The van der Waals surface area contributed by atoms with Crippen LogP contribution in [0.1, 0.15) is 29.1 Å². The Morgan fingerprint density at radius 2 is 2.11 bits per heavy atom. The average molecular weight is 271 g/mol. The molecule has 0 bridgehead atoms. The van der Waals surface area contributed by atoms with Gasteiger partial charge in [-0.25, -0.2) is 4.98 Å². The summed E-state index contributed by atoms with van der Waals surface area (Å²) in [7, 11) is 0. The fraction of sp³-hybridized carbons (Fsp3) is 0.417. The molecule has 2 heterocycles. The van der Waals surface area contributed by atoms with Crippen molar-refractivity contribution in [3.8, 4) is 0 Å². The lowest BCUT2D eigenvalue weighted by atomic mass is 10.3. The molecule has 0 saturated carbocycles. The first kappa shape index (κ1) is 13.2. The summed E-state index contributed by atoms with van der Waals surface area (Å²) in [6.45, 7) is 0.609. The zero-order valence-corrected chi connectivity index (χ0v) is 10.9. The normalized spacial score (nSPS) is 11.3. The number of aromatic nitrogens is 2. The lowest BCUT2D eigenvalue weighted by molar-refractivity contribution is 0.0666. The summed E-state index contributed by atoms with van der Waals surface area (Å²) in [6.07, 6.45) is 3.71. The van der Waals surface area contributed by atoms with Crippen molar-refractivity contribution in [1.82, 2.24) is 14.9 Å². The molecule has 0 spiro atoms. The van der Waals surface area contributed by atoms with E-state index >= 15 is 0 Å². The van der Waals surface area contributed by atoms with E-state index in [1.165, 1.54) is 22.1 Å². The fourth-order valence-corrected chi connectivity index (χ4v) is 2.59. The molecule has 0 fully saturated rings. The molecule has 6 heteroatoms. The van der Waals surface area contributed by atoms with Crippen molar-refractivity contribution in [2.24, 2.45) is 0 Å². The van der Waals surface area contributed by atoms with Crippen LogP contribution in [-0.2, 0) is 19.5 Å². The number of nitrogens with zero attached hydrogens (tertiary/aromatic N) is 2. The maximum atomic E-state index is 12.6. The largest absolute Gasteiger partial charge is 0.319 e. The van der Waals surface area contributed by atoms with E-state index in [0.717, 1.165) is 11.0 Å². The number of rotatable bonds is 6. The van der Waals surface area contributed by atoms with Crippen molar-refractivity contribution >= 4 is 11.3 Å². The van der Waals surface area contributed by atoms with Crippen LogP contribution >= 0.6 is 11.3 Å². The zero-order chi connectivity index (χ0) is 13.0. The highest BCUT2D eigenvalue weighted by Gasteiger charge is 2.10. The van der Waals surface area contributed by atoms with Gasteiger partial charge in [-0.2, -0.15) is 8.78 Å². The lowest BCUT2D eigenvalue weighted by Crippen LogP contribution is -2.16. The number of aryl methyl sites for hydroxylation is 1. The number of alkyl halides is 2. The van der Waals surface area contributed by atoms with Crippen molar-refractivity contribution in [2.45, 2.75) is 33.0 Å². The molecule has 0 atom stereocenters. The minimum absolute atomic E-state index is 0.344. The molecule has 0 amide bonds. The maximum Gasteiger partial charge on any atom is 0.319 e. The van der Waals surface area contributed by atoms with E-state index in [1.807, 2.05) is 0 Å². The third-order valence-corrected chi connectivity index (χ3v) is 3.84. The first-order valence-corrected chi connectivity index (χ1v) is 6.60. The Morgan fingerprint density at radius 1 is 1.33 bits per heavy atom. The number of nitrogens with one attached hydrogen (secondary N) is 1.